The minimum Gasteiger partial charge on any atom is -0.378 e. The van der Waals surface area contributed by atoms with Crippen molar-refractivity contribution >= 4 is 40.6 Å². The Morgan fingerprint density at radius 2 is 1.74 bits per heavy atom. The number of ketones is 1. The van der Waals surface area contributed by atoms with Crippen LogP contribution in [0.5, 0.6) is 0 Å². The van der Waals surface area contributed by atoms with Crippen molar-refractivity contribution in [3.63, 3.8) is 0 Å². The third-order valence-corrected chi connectivity index (χ3v) is 6.48. The van der Waals surface area contributed by atoms with Crippen LogP contribution in [0.3, 0.4) is 0 Å². The summed E-state index contributed by atoms with van der Waals surface area (Å²) in [7, 11) is 0. The van der Waals surface area contributed by atoms with Gasteiger partial charge in [0.2, 0.25) is 11.8 Å². The summed E-state index contributed by atoms with van der Waals surface area (Å²) < 4.78 is 5.39. The van der Waals surface area contributed by atoms with Crippen LogP contribution >= 0.6 is 0 Å². The molecule has 5 rings (SSSR count). The number of Topliss-reactive ketones (excluding diaryl/α,β-unsaturated/α-hetero) is 1. The summed E-state index contributed by atoms with van der Waals surface area (Å²) in [4.78, 5) is 60.1. The number of pyridine rings is 1. The van der Waals surface area contributed by atoms with Gasteiger partial charge < -0.3 is 19.9 Å². The van der Waals surface area contributed by atoms with E-state index in [1.165, 1.54) is 9.80 Å². The molecule has 10 nitrogen and oxygen atoms in total. The predicted molar refractivity (Wildman–Crippen MR) is 141 cm³/mol. The van der Waals surface area contributed by atoms with Gasteiger partial charge in [-0.15, -0.1) is 0 Å². The van der Waals surface area contributed by atoms with Gasteiger partial charge in [0.1, 0.15) is 13.1 Å². The molecule has 1 fully saturated rings. The molecule has 3 amide bonds. The van der Waals surface area contributed by atoms with E-state index in [0.29, 0.717) is 24.6 Å². The first-order valence-corrected chi connectivity index (χ1v) is 12.3. The third-order valence-electron chi connectivity index (χ3n) is 6.48. The molecule has 2 aliphatic rings. The van der Waals surface area contributed by atoms with E-state index in [1.54, 1.807) is 48.8 Å². The molecule has 3 heterocycles. The zero-order chi connectivity index (χ0) is 26.5. The molecular weight excluding hydrogens is 486 g/mol. The zero-order valence-corrected chi connectivity index (χ0v) is 20.7. The Hall–Kier alpha value is -4.57. The van der Waals surface area contributed by atoms with Gasteiger partial charge in [0.25, 0.3) is 11.7 Å². The predicted octanol–water partition coefficient (Wildman–Crippen LogP) is 2.11. The van der Waals surface area contributed by atoms with Gasteiger partial charge in [0.05, 0.1) is 24.5 Å². The first-order valence-electron chi connectivity index (χ1n) is 12.3. The molecule has 10 heteroatoms. The number of hydrogen-bond donors (Lipinski definition) is 1. The van der Waals surface area contributed by atoms with E-state index in [9.17, 15) is 19.2 Å². The molecular formula is C28H27N5O5. The molecule has 0 spiro atoms. The number of rotatable bonds is 8. The number of carbonyl (C=O) groups is 4. The number of benzene rings is 2. The summed E-state index contributed by atoms with van der Waals surface area (Å²) in [6.07, 6.45) is 3.23. The molecule has 194 valence electrons. The summed E-state index contributed by atoms with van der Waals surface area (Å²) in [6, 6.07) is 17.6. The Balaban J connectivity index is 1.28. The van der Waals surface area contributed by atoms with Crippen LogP contribution in [0.15, 0.2) is 73.1 Å². The van der Waals surface area contributed by atoms with Gasteiger partial charge in [-0.05, 0) is 48.0 Å². The average Bonchev–Trinajstić information content (AvgIpc) is 3.19. The molecule has 38 heavy (non-hydrogen) atoms. The van der Waals surface area contributed by atoms with Crippen molar-refractivity contribution in [1.29, 1.82) is 0 Å². The zero-order valence-electron chi connectivity index (χ0n) is 20.7. The molecule has 1 N–H and O–H groups in total. The van der Waals surface area contributed by atoms with Gasteiger partial charge in [-0.2, -0.15) is 0 Å². The quantitative estimate of drug-likeness (QED) is 0.459. The highest BCUT2D eigenvalue weighted by molar-refractivity contribution is 6.52. The van der Waals surface area contributed by atoms with E-state index in [1.807, 2.05) is 24.3 Å². The lowest BCUT2D eigenvalue weighted by Gasteiger charge is -2.29. The Bertz CT molecular complexity index is 1340. The van der Waals surface area contributed by atoms with Crippen LogP contribution in [-0.4, -0.2) is 72.8 Å². The summed E-state index contributed by atoms with van der Waals surface area (Å²) in [6.45, 7) is 2.51. The number of nitrogens with zero attached hydrogens (tertiary/aromatic N) is 4. The van der Waals surface area contributed by atoms with Crippen molar-refractivity contribution < 1.29 is 23.9 Å². The highest BCUT2D eigenvalue weighted by atomic mass is 16.5. The maximum Gasteiger partial charge on any atom is 0.299 e. The first-order chi connectivity index (χ1) is 18.5. The van der Waals surface area contributed by atoms with E-state index in [0.717, 1.165) is 24.3 Å². The van der Waals surface area contributed by atoms with Crippen molar-refractivity contribution in [2.75, 3.05) is 54.5 Å². The summed E-state index contributed by atoms with van der Waals surface area (Å²) >= 11 is 0. The van der Waals surface area contributed by atoms with Gasteiger partial charge in [-0.25, -0.2) is 0 Å². The molecule has 0 radical (unpaired) electrons. The lowest BCUT2D eigenvalue weighted by atomic mass is 10.1. The number of fused-ring (bicyclic) bond motifs is 1. The van der Waals surface area contributed by atoms with Crippen LogP contribution in [0.2, 0.25) is 0 Å². The highest BCUT2D eigenvalue weighted by Crippen LogP contribution is 2.28. The van der Waals surface area contributed by atoms with Gasteiger partial charge in [-0.3, -0.25) is 29.1 Å². The number of ether oxygens (including phenoxy) is 1. The molecule has 0 unspecified atom stereocenters. The number of nitrogens with one attached hydrogen (secondary N) is 1. The van der Waals surface area contributed by atoms with Gasteiger partial charge in [-0.1, -0.05) is 18.2 Å². The van der Waals surface area contributed by atoms with E-state index in [4.69, 9.17) is 4.74 Å². The second-order valence-corrected chi connectivity index (χ2v) is 9.04. The fraction of sp³-hybridized carbons (Fsp3) is 0.250. The van der Waals surface area contributed by atoms with Crippen molar-refractivity contribution in [3.05, 3.63) is 84.2 Å². The number of para-hydroxylation sites is 1. The molecule has 1 saturated heterocycles. The largest absolute Gasteiger partial charge is 0.378 e. The van der Waals surface area contributed by atoms with Crippen LogP contribution in [-0.2, 0) is 25.7 Å². The Kier molecular flexibility index (Phi) is 7.41. The molecule has 1 aromatic heterocycles. The monoisotopic (exact) mass is 513 g/mol. The SMILES string of the molecule is O=C(CN(Cc1cccnc1)C(=O)CN1C(=O)C(=O)c2ccccc21)Nc1ccc(N2CCOCC2)cc1. The van der Waals surface area contributed by atoms with E-state index >= 15 is 0 Å². The van der Waals surface area contributed by atoms with E-state index in [2.05, 4.69) is 15.2 Å². The molecule has 2 aliphatic heterocycles. The summed E-state index contributed by atoms with van der Waals surface area (Å²) in [5.74, 6) is -2.26. The van der Waals surface area contributed by atoms with Crippen LogP contribution in [0.25, 0.3) is 0 Å². The van der Waals surface area contributed by atoms with E-state index < -0.39 is 17.6 Å². The number of aromatic nitrogens is 1. The lowest BCUT2D eigenvalue weighted by Crippen LogP contribution is -2.45. The van der Waals surface area contributed by atoms with Crippen molar-refractivity contribution in [2.45, 2.75) is 6.54 Å². The number of morpholine rings is 1. The molecule has 3 aromatic rings. The Morgan fingerprint density at radius 3 is 2.47 bits per heavy atom. The van der Waals surface area contributed by atoms with Crippen molar-refractivity contribution in [3.8, 4) is 0 Å². The number of anilines is 3. The molecule has 0 saturated carbocycles. The number of hydrogen-bond acceptors (Lipinski definition) is 7. The third kappa shape index (κ3) is 5.55. The topological polar surface area (TPSA) is 112 Å². The summed E-state index contributed by atoms with van der Waals surface area (Å²) in [5.41, 5.74) is 3.04. The minimum absolute atomic E-state index is 0.119. The molecule has 0 aliphatic carbocycles. The van der Waals surface area contributed by atoms with Crippen molar-refractivity contribution in [2.24, 2.45) is 0 Å². The van der Waals surface area contributed by atoms with Crippen LogP contribution in [0, 0.1) is 0 Å². The maximum absolute atomic E-state index is 13.4. The smallest absolute Gasteiger partial charge is 0.299 e. The minimum atomic E-state index is -0.759. The normalized spacial score (nSPS) is 14.8. The number of carbonyl (C=O) groups excluding carboxylic acids is 4. The van der Waals surface area contributed by atoms with Crippen LogP contribution in [0.4, 0.5) is 17.1 Å². The Morgan fingerprint density at radius 1 is 0.974 bits per heavy atom. The highest BCUT2D eigenvalue weighted by Gasteiger charge is 2.37. The fourth-order valence-corrected chi connectivity index (χ4v) is 4.54. The van der Waals surface area contributed by atoms with Gasteiger partial charge in [0.15, 0.2) is 0 Å². The molecule has 0 atom stereocenters. The standard InChI is InChI=1S/C28H27N5O5/c34-25(30-21-7-9-22(10-8-21)31-12-14-38-15-13-31)18-32(17-20-4-3-11-29-16-20)26(35)19-33-24-6-2-1-5-23(24)27(36)28(33)37/h1-11,16H,12-15,17-19H2,(H,30,34). The first kappa shape index (κ1) is 25.1. The van der Waals surface area contributed by atoms with Gasteiger partial charge in [0, 0.05) is 43.4 Å². The second kappa shape index (κ2) is 11.2. The molecule has 0 bridgehead atoms. The van der Waals surface area contributed by atoms with Crippen LogP contribution in [0.1, 0.15) is 15.9 Å². The average molecular weight is 514 g/mol. The summed E-state index contributed by atoms with van der Waals surface area (Å²) in [5, 5.41) is 2.84. The Labute approximate surface area is 219 Å². The number of amides is 3. The van der Waals surface area contributed by atoms with Gasteiger partial charge >= 0.3 is 0 Å². The fourth-order valence-electron chi connectivity index (χ4n) is 4.54. The lowest BCUT2D eigenvalue weighted by molar-refractivity contribution is -0.134. The van der Waals surface area contributed by atoms with E-state index in [-0.39, 0.29) is 31.1 Å². The van der Waals surface area contributed by atoms with Crippen LogP contribution < -0.4 is 15.1 Å². The second-order valence-electron chi connectivity index (χ2n) is 9.04. The molecule has 2 aromatic carbocycles. The maximum atomic E-state index is 13.4. The van der Waals surface area contributed by atoms with Crippen molar-refractivity contribution in [1.82, 2.24) is 9.88 Å².